The molecule has 0 N–H and O–H groups in total. The van der Waals surface area contributed by atoms with E-state index in [-0.39, 0.29) is 5.75 Å². The van der Waals surface area contributed by atoms with Gasteiger partial charge >= 0.3 is 8.95 Å². The second-order valence-electron chi connectivity index (χ2n) is 3.04. The van der Waals surface area contributed by atoms with E-state index in [1.165, 1.54) is 0 Å². The first-order chi connectivity index (χ1) is 8.11. The van der Waals surface area contributed by atoms with Crippen molar-refractivity contribution in [3.8, 4) is 5.75 Å². The van der Waals surface area contributed by atoms with E-state index >= 15 is 0 Å². The number of hydrogen-bond donors (Lipinski definition) is 0. The maximum atomic E-state index is 12.9. The van der Waals surface area contributed by atoms with E-state index < -0.39 is 28.6 Å². The lowest BCUT2D eigenvalue weighted by Gasteiger charge is -2.10. The molecule has 0 radical (unpaired) electrons. The maximum absolute atomic E-state index is 12.9. The molecule has 0 aromatic heterocycles. The van der Waals surface area contributed by atoms with Crippen LogP contribution in [0.2, 0.25) is 0 Å². The van der Waals surface area contributed by atoms with Crippen molar-refractivity contribution in [1.29, 1.82) is 0 Å². The smallest absolute Gasteiger partial charge is 0.398 e. The van der Waals surface area contributed by atoms with Crippen LogP contribution in [-0.2, 0) is 9.84 Å². The van der Waals surface area contributed by atoms with Crippen molar-refractivity contribution in [1.82, 2.24) is 0 Å². The van der Waals surface area contributed by atoms with Crippen LogP contribution in [0.25, 0.3) is 0 Å². The highest BCUT2D eigenvalue weighted by Crippen LogP contribution is 2.38. The molecule has 0 bridgehead atoms. The number of ether oxygens (including phenoxy) is 1. The fourth-order valence-electron chi connectivity index (χ4n) is 1.11. The molecule has 0 unspecified atom stereocenters. The molecule has 0 aliphatic carbocycles. The molecule has 0 heterocycles. The van der Waals surface area contributed by atoms with Gasteiger partial charge < -0.3 is 4.74 Å². The van der Waals surface area contributed by atoms with Crippen molar-refractivity contribution >= 4 is 38.1 Å². The summed E-state index contributed by atoms with van der Waals surface area (Å²) >= 11 is 0.448. The van der Waals surface area contributed by atoms with Gasteiger partial charge in [-0.3, -0.25) is 10.1 Å². The Morgan fingerprint density at radius 3 is 2.39 bits per heavy atom. The van der Waals surface area contributed by atoms with Crippen LogP contribution in [0.1, 0.15) is 0 Å². The largest absolute Gasteiger partial charge is 0.490 e. The monoisotopic (exact) mass is 393 g/mol. The second kappa shape index (κ2) is 4.91. The summed E-state index contributed by atoms with van der Waals surface area (Å²) in [6, 6.07) is 2.32. The Kier molecular flexibility index (Phi) is 4.10. The summed E-state index contributed by atoms with van der Waals surface area (Å²) in [7, 11) is -3.82. The van der Waals surface area contributed by atoms with Gasteiger partial charge in [0.2, 0.25) is 0 Å². The van der Waals surface area contributed by atoms with Gasteiger partial charge in [-0.05, 0) is 12.1 Å². The lowest BCUT2D eigenvalue weighted by Crippen LogP contribution is -2.21. The quantitative estimate of drug-likeness (QED) is 0.339. The molecule has 0 amide bonds. The van der Waals surface area contributed by atoms with Gasteiger partial charge in [-0.2, -0.15) is 8.78 Å². The van der Waals surface area contributed by atoms with Gasteiger partial charge in [0.25, 0.3) is 9.84 Å². The molecule has 1 rings (SSSR count). The molecule has 0 spiro atoms. The number of sulfone groups is 1. The predicted octanol–water partition coefficient (Wildman–Crippen LogP) is 2.36. The summed E-state index contributed by atoms with van der Waals surface area (Å²) in [5, 5.41) is 10.7. The van der Waals surface area contributed by atoms with E-state index in [1.807, 2.05) is 0 Å². The lowest BCUT2D eigenvalue weighted by atomic mass is 10.3. The number of alkyl halides is 3. The topological polar surface area (TPSA) is 86.5 Å². The standard InChI is InChI=1S/C8H6F2INO5S/c1-17-7-3-2-5(4-6(7)12(13)14)18(15,16)8(9,10)11/h2-4H,1H3. The van der Waals surface area contributed by atoms with Crippen LogP contribution in [-0.4, -0.2) is 23.7 Å². The molecule has 100 valence electrons. The average molecular weight is 393 g/mol. The van der Waals surface area contributed by atoms with E-state index in [0.29, 0.717) is 28.7 Å². The number of halogens is 3. The van der Waals surface area contributed by atoms with Crippen LogP contribution in [0.5, 0.6) is 5.75 Å². The van der Waals surface area contributed by atoms with Gasteiger partial charge in [0.05, 0.1) is 16.9 Å². The third-order valence-corrected chi connectivity index (χ3v) is 5.19. The highest BCUT2D eigenvalue weighted by molar-refractivity contribution is 14.1. The Morgan fingerprint density at radius 2 is 2.00 bits per heavy atom. The minimum Gasteiger partial charge on any atom is -0.490 e. The first-order valence-corrected chi connectivity index (χ1v) is 6.81. The van der Waals surface area contributed by atoms with Crippen LogP contribution in [0.3, 0.4) is 0 Å². The molecule has 0 aliphatic rings. The SMILES string of the molecule is COc1ccc(S(=O)(=O)C(F)(F)I)cc1[N+](=O)[O-]. The van der Waals surface area contributed by atoms with Crippen molar-refractivity contribution < 1.29 is 26.9 Å². The van der Waals surface area contributed by atoms with Gasteiger partial charge in [-0.1, -0.05) is 0 Å². The van der Waals surface area contributed by atoms with Crippen LogP contribution in [0.15, 0.2) is 23.1 Å². The molecule has 0 aliphatic heterocycles. The highest BCUT2D eigenvalue weighted by atomic mass is 127. The van der Waals surface area contributed by atoms with Crippen molar-refractivity contribution in [3.05, 3.63) is 28.3 Å². The number of nitro benzene ring substituents is 1. The van der Waals surface area contributed by atoms with Crippen LogP contribution in [0, 0.1) is 10.1 Å². The molecule has 0 atom stereocenters. The van der Waals surface area contributed by atoms with Crippen LogP contribution >= 0.6 is 22.6 Å². The number of rotatable bonds is 4. The van der Waals surface area contributed by atoms with Gasteiger partial charge in [-0.25, -0.2) is 8.42 Å². The first kappa shape index (κ1) is 15.0. The normalized spacial score (nSPS) is 12.2. The molecular weight excluding hydrogens is 387 g/mol. The number of methoxy groups -OCH3 is 1. The Labute approximate surface area is 114 Å². The average Bonchev–Trinajstić information content (AvgIpc) is 2.26. The molecule has 6 nitrogen and oxygen atoms in total. The zero-order chi connectivity index (χ0) is 14.1. The summed E-state index contributed by atoms with van der Waals surface area (Å²) in [6.45, 7) is 0. The van der Waals surface area contributed by atoms with Gasteiger partial charge in [-0.15, -0.1) is 0 Å². The molecule has 10 heteroatoms. The van der Waals surface area contributed by atoms with Crippen molar-refractivity contribution in [3.63, 3.8) is 0 Å². The van der Waals surface area contributed by atoms with Crippen LogP contribution < -0.4 is 4.74 Å². The molecular formula is C8H6F2INO5S. The fraction of sp³-hybridized carbons (Fsp3) is 0.250. The van der Waals surface area contributed by atoms with E-state index in [4.69, 9.17) is 0 Å². The molecule has 1 aromatic rings. The Morgan fingerprint density at radius 1 is 1.44 bits per heavy atom. The Balaban J connectivity index is 3.48. The Hall–Kier alpha value is -1.04. The molecule has 0 saturated heterocycles. The second-order valence-corrected chi connectivity index (χ2v) is 7.12. The highest BCUT2D eigenvalue weighted by Gasteiger charge is 2.43. The van der Waals surface area contributed by atoms with E-state index in [9.17, 15) is 27.3 Å². The maximum Gasteiger partial charge on any atom is 0.398 e. The van der Waals surface area contributed by atoms with Gasteiger partial charge in [0.1, 0.15) is 0 Å². The first-order valence-electron chi connectivity index (χ1n) is 4.25. The lowest BCUT2D eigenvalue weighted by molar-refractivity contribution is -0.386. The summed E-state index contributed by atoms with van der Waals surface area (Å²) in [5.74, 6) is -0.212. The number of nitrogens with zero attached hydrogens (tertiary/aromatic N) is 1. The molecule has 0 saturated carbocycles. The number of benzene rings is 1. The summed E-state index contributed by atoms with van der Waals surface area (Å²) in [5.41, 5.74) is -0.695. The third kappa shape index (κ3) is 2.68. The summed E-state index contributed by atoms with van der Waals surface area (Å²) in [6.07, 6.45) is 0. The van der Waals surface area contributed by atoms with Crippen LogP contribution in [0.4, 0.5) is 14.5 Å². The predicted molar refractivity (Wildman–Crippen MR) is 65.8 cm³/mol. The minimum absolute atomic E-state index is 0.212. The fourth-order valence-corrected chi connectivity index (χ4v) is 2.66. The summed E-state index contributed by atoms with van der Waals surface area (Å²) in [4.78, 5) is 8.90. The molecule has 1 aromatic carbocycles. The minimum atomic E-state index is -4.96. The number of hydrogen-bond acceptors (Lipinski definition) is 5. The third-order valence-electron chi connectivity index (χ3n) is 1.96. The van der Waals surface area contributed by atoms with E-state index in [1.54, 1.807) is 0 Å². The van der Waals surface area contributed by atoms with Gasteiger partial charge in [0.15, 0.2) is 5.75 Å². The number of nitro groups is 1. The van der Waals surface area contributed by atoms with Crippen molar-refractivity contribution in [2.24, 2.45) is 0 Å². The van der Waals surface area contributed by atoms with Crippen molar-refractivity contribution in [2.45, 2.75) is 8.16 Å². The summed E-state index contributed by atoms with van der Waals surface area (Å²) < 4.78 is 49.2. The van der Waals surface area contributed by atoms with E-state index in [2.05, 4.69) is 4.74 Å². The molecule has 0 fully saturated rings. The zero-order valence-corrected chi connectivity index (χ0v) is 11.7. The van der Waals surface area contributed by atoms with E-state index in [0.717, 1.165) is 19.2 Å². The zero-order valence-electron chi connectivity index (χ0n) is 8.76. The molecule has 18 heavy (non-hydrogen) atoms. The Bertz CT molecular complexity index is 584. The van der Waals surface area contributed by atoms with Crippen molar-refractivity contribution in [2.75, 3.05) is 7.11 Å². The van der Waals surface area contributed by atoms with Gasteiger partial charge in [0, 0.05) is 28.7 Å².